The van der Waals surface area contributed by atoms with Crippen molar-refractivity contribution in [2.45, 2.75) is 12.8 Å². The van der Waals surface area contributed by atoms with E-state index in [1.165, 1.54) is 21.2 Å². The minimum absolute atomic E-state index is 0.203. The topological polar surface area (TPSA) is 45.8 Å². The number of nitrogens with zero attached hydrogens (tertiary/aromatic N) is 5. The SMILES string of the molecule is O=c1n(CN2CCN(c3cccc(C(F)(F)F)c3)CC2)nc2ccccn12. The Hall–Kier alpha value is -2.81. The fourth-order valence-electron chi connectivity index (χ4n) is 3.28. The smallest absolute Gasteiger partial charge is 0.369 e. The zero-order valence-corrected chi connectivity index (χ0v) is 14.4. The summed E-state index contributed by atoms with van der Waals surface area (Å²) in [5.41, 5.74) is 0.309. The monoisotopic (exact) mass is 377 g/mol. The molecule has 0 unspecified atom stereocenters. The lowest BCUT2D eigenvalue weighted by molar-refractivity contribution is -0.137. The minimum atomic E-state index is -4.35. The van der Waals surface area contributed by atoms with Crippen LogP contribution in [0, 0.1) is 0 Å². The quantitative estimate of drug-likeness (QED) is 0.703. The van der Waals surface area contributed by atoms with Crippen LogP contribution in [0.3, 0.4) is 0 Å². The second-order valence-electron chi connectivity index (χ2n) is 6.51. The second-order valence-corrected chi connectivity index (χ2v) is 6.51. The highest BCUT2D eigenvalue weighted by Gasteiger charge is 2.31. The highest BCUT2D eigenvalue weighted by molar-refractivity contribution is 5.49. The molecule has 9 heteroatoms. The van der Waals surface area contributed by atoms with Crippen molar-refractivity contribution in [2.75, 3.05) is 31.1 Å². The number of aromatic nitrogens is 3. The van der Waals surface area contributed by atoms with E-state index in [9.17, 15) is 18.0 Å². The maximum Gasteiger partial charge on any atom is 0.416 e. The van der Waals surface area contributed by atoms with Crippen molar-refractivity contribution < 1.29 is 13.2 Å². The van der Waals surface area contributed by atoms with E-state index in [0.29, 0.717) is 44.2 Å². The van der Waals surface area contributed by atoms with E-state index < -0.39 is 11.7 Å². The number of pyridine rings is 1. The van der Waals surface area contributed by atoms with Crippen molar-refractivity contribution in [2.24, 2.45) is 0 Å². The van der Waals surface area contributed by atoms with Crippen molar-refractivity contribution >= 4 is 11.3 Å². The van der Waals surface area contributed by atoms with Gasteiger partial charge < -0.3 is 4.90 Å². The number of alkyl halides is 3. The van der Waals surface area contributed by atoms with Crippen molar-refractivity contribution in [3.05, 3.63) is 64.7 Å². The fraction of sp³-hybridized carbons (Fsp3) is 0.333. The molecule has 0 aliphatic carbocycles. The Bertz CT molecular complexity index is 1000. The molecule has 1 saturated heterocycles. The number of benzene rings is 1. The first-order valence-corrected chi connectivity index (χ1v) is 8.60. The molecule has 6 nitrogen and oxygen atoms in total. The summed E-state index contributed by atoms with van der Waals surface area (Å²) < 4.78 is 41.6. The molecule has 1 aromatic carbocycles. The molecule has 0 amide bonds. The molecule has 3 aromatic rings. The lowest BCUT2D eigenvalue weighted by Crippen LogP contribution is -2.48. The minimum Gasteiger partial charge on any atom is -0.369 e. The second kappa shape index (κ2) is 6.73. The van der Waals surface area contributed by atoms with E-state index in [0.717, 1.165) is 6.07 Å². The molecule has 0 bridgehead atoms. The highest BCUT2D eigenvalue weighted by atomic mass is 19.4. The van der Waals surface area contributed by atoms with Gasteiger partial charge in [-0.15, -0.1) is 5.10 Å². The fourth-order valence-corrected chi connectivity index (χ4v) is 3.28. The summed E-state index contributed by atoms with van der Waals surface area (Å²) in [7, 11) is 0. The Labute approximate surface area is 153 Å². The van der Waals surface area contributed by atoms with Crippen molar-refractivity contribution in [1.82, 2.24) is 19.1 Å². The van der Waals surface area contributed by atoms with Crippen LogP contribution in [0.25, 0.3) is 5.65 Å². The van der Waals surface area contributed by atoms with Crippen LogP contribution in [-0.4, -0.2) is 45.3 Å². The Balaban J connectivity index is 1.43. The van der Waals surface area contributed by atoms with Gasteiger partial charge in [-0.05, 0) is 30.3 Å². The van der Waals surface area contributed by atoms with Crippen LogP contribution in [0.15, 0.2) is 53.5 Å². The molecule has 1 fully saturated rings. The van der Waals surface area contributed by atoms with Gasteiger partial charge >= 0.3 is 11.9 Å². The molecule has 0 radical (unpaired) electrons. The molecule has 142 valence electrons. The van der Waals surface area contributed by atoms with Gasteiger partial charge in [-0.2, -0.15) is 17.9 Å². The zero-order valence-electron chi connectivity index (χ0n) is 14.4. The first-order valence-electron chi connectivity index (χ1n) is 8.60. The average molecular weight is 377 g/mol. The van der Waals surface area contributed by atoms with Crippen LogP contribution in [0.1, 0.15) is 5.56 Å². The van der Waals surface area contributed by atoms with Gasteiger partial charge in [0.05, 0.1) is 12.2 Å². The Morgan fingerprint density at radius 1 is 1.00 bits per heavy atom. The first-order chi connectivity index (χ1) is 12.9. The van der Waals surface area contributed by atoms with E-state index in [1.807, 2.05) is 11.0 Å². The van der Waals surface area contributed by atoms with Crippen LogP contribution in [0.2, 0.25) is 0 Å². The van der Waals surface area contributed by atoms with Gasteiger partial charge in [-0.1, -0.05) is 12.1 Å². The largest absolute Gasteiger partial charge is 0.416 e. The van der Waals surface area contributed by atoms with Crippen molar-refractivity contribution in [3.63, 3.8) is 0 Å². The van der Waals surface area contributed by atoms with Crippen LogP contribution < -0.4 is 10.6 Å². The molecular formula is C18H18F3N5O. The summed E-state index contributed by atoms with van der Waals surface area (Å²) in [6.07, 6.45) is -2.67. The van der Waals surface area contributed by atoms with E-state index in [2.05, 4.69) is 10.00 Å². The van der Waals surface area contributed by atoms with Crippen LogP contribution >= 0.6 is 0 Å². The van der Waals surface area contributed by atoms with Gasteiger partial charge in [0.25, 0.3) is 0 Å². The van der Waals surface area contributed by atoms with Gasteiger partial charge in [0.15, 0.2) is 5.65 Å². The van der Waals surface area contributed by atoms with E-state index >= 15 is 0 Å². The lowest BCUT2D eigenvalue weighted by atomic mass is 10.1. The molecular weight excluding hydrogens is 359 g/mol. The molecule has 0 spiro atoms. The average Bonchev–Trinajstić information content (AvgIpc) is 2.98. The number of piperazine rings is 1. The van der Waals surface area contributed by atoms with Gasteiger partial charge in [0.2, 0.25) is 0 Å². The maximum atomic E-state index is 12.9. The van der Waals surface area contributed by atoms with Crippen LogP contribution in [0.5, 0.6) is 0 Å². The summed E-state index contributed by atoms with van der Waals surface area (Å²) in [4.78, 5) is 16.3. The standard InChI is InChI=1S/C18H18F3N5O/c19-18(20,21)14-4-3-5-15(12-14)24-10-8-23(9-11-24)13-26-17(27)25-7-2-1-6-16(25)22-26/h1-7,12H,8-11,13H2. The predicted molar refractivity (Wildman–Crippen MR) is 94.7 cm³/mol. The maximum absolute atomic E-state index is 12.9. The third-order valence-corrected chi connectivity index (χ3v) is 4.73. The lowest BCUT2D eigenvalue weighted by Gasteiger charge is -2.35. The summed E-state index contributed by atoms with van der Waals surface area (Å²) in [6, 6.07) is 10.7. The van der Waals surface area contributed by atoms with Crippen LogP contribution in [-0.2, 0) is 12.8 Å². The molecule has 2 aromatic heterocycles. The number of fused-ring (bicyclic) bond motifs is 1. The molecule has 4 rings (SSSR count). The summed E-state index contributed by atoms with van der Waals surface area (Å²) in [5, 5.41) is 4.31. The van der Waals surface area contributed by atoms with E-state index in [-0.39, 0.29) is 5.69 Å². The molecule has 1 aliphatic heterocycles. The predicted octanol–water partition coefficient (Wildman–Crippen LogP) is 2.29. The zero-order chi connectivity index (χ0) is 19.0. The Morgan fingerprint density at radius 2 is 1.78 bits per heavy atom. The van der Waals surface area contributed by atoms with Gasteiger partial charge in [0, 0.05) is 38.1 Å². The highest BCUT2D eigenvalue weighted by Crippen LogP contribution is 2.31. The van der Waals surface area contributed by atoms with Gasteiger partial charge in [-0.25, -0.2) is 4.79 Å². The number of hydrogen-bond donors (Lipinski definition) is 0. The molecule has 0 atom stereocenters. The Morgan fingerprint density at radius 3 is 2.48 bits per heavy atom. The summed E-state index contributed by atoms with van der Waals surface area (Å²) in [6.45, 7) is 2.80. The molecule has 0 saturated carbocycles. The summed E-state index contributed by atoms with van der Waals surface area (Å²) in [5.74, 6) is 0. The molecule has 27 heavy (non-hydrogen) atoms. The first kappa shape index (κ1) is 17.6. The number of halogens is 3. The van der Waals surface area contributed by atoms with E-state index in [1.54, 1.807) is 24.4 Å². The number of rotatable bonds is 3. The third kappa shape index (κ3) is 3.55. The normalized spacial score (nSPS) is 16.2. The van der Waals surface area contributed by atoms with Gasteiger partial charge in [-0.3, -0.25) is 9.30 Å². The van der Waals surface area contributed by atoms with Crippen molar-refractivity contribution in [3.8, 4) is 0 Å². The summed E-state index contributed by atoms with van der Waals surface area (Å²) >= 11 is 0. The van der Waals surface area contributed by atoms with Crippen LogP contribution in [0.4, 0.5) is 18.9 Å². The molecule has 0 N–H and O–H groups in total. The van der Waals surface area contributed by atoms with Crippen molar-refractivity contribution in [1.29, 1.82) is 0 Å². The number of hydrogen-bond acceptors (Lipinski definition) is 4. The van der Waals surface area contributed by atoms with Gasteiger partial charge in [0.1, 0.15) is 0 Å². The molecule has 3 heterocycles. The Kier molecular flexibility index (Phi) is 4.39. The third-order valence-electron chi connectivity index (χ3n) is 4.73. The molecule has 1 aliphatic rings. The number of anilines is 1. The van der Waals surface area contributed by atoms with E-state index in [4.69, 9.17) is 0 Å².